The van der Waals surface area contributed by atoms with E-state index in [0.717, 1.165) is 11.4 Å². The standard InChI is InChI=1S/C20H21FN4OS/c1-4-25-18(15-8-6-5-7-9-15)23-24-20(25)27-14(3)19(26)22-16-11-10-13(2)17(21)12-16/h5-12,14H,4H2,1-3H3,(H,22,26)/t14-/m0/s1. The molecule has 27 heavy (non-hydrogen) atoms. The van der Waals surface area contributed by atoms with Crippen molar-refractivity contribution in [2.45, 2.75) is 37.7 Å². The summed E-state index contributed by atoms with van der Waals surface area (Å²) in [5.74, 6) is 0.218. The van der Waals surface area contributed by atoms with E-state index in [1.807, 2.05) is 41.8 Å². The van der Waals surface area contributed by atoms with Crippen LogP contribution in [0.3, 0.4) is 0 Å². The number of aryl methyl sites for hydroxylation is 1. The molecule has 3 aromatic rings. The molecular formula is C20H21FN4OS. The van der Waals surface area contributed by atoms with Gasteiger partial charge in [-0.2, -0.15) is 0 Å². The number of hydrogen-bond donors (Lipinski definition) is 1. The first-order chi connectivity index (χ1) is 13.0. The van der Waals surface area contributed by atoms with E-state index in [1.54, 1.807) is 26.0 Å². The Morgan fingerprint density at radius 3 is 2.63 bits per heavy atom. The molecule has 0 unspecified atom stereocenters. The molecule has 0 spiro atoms. The third kappa shape index (κ3) is 4.36. The van der Waals surface area contributed by atoms with Crippen molar-refractivity contribution in [1.29, 1.82) is 0 Å². The van der Waals surface area contributed by atoms with Crippen LogP contribution in [0, 0.1) is 12.7 Å². The Labute approximate surface area is 162 Å². The second-order valence-electron chi connectivity index (χ2n) is 6.13. The highest BCUT2D eigenvalue weighted by atomic mass is 32.2. The quantitative estimate of drug-likeness (QED) is 0.634. The predicted molar refractivity (Wildman–Crippen MR) is 106 cm³/mol. The summed E-state index contributed by atoms with van der Waals surface area (Å²) < 4.78 is 15.6. The first-order valence-electron chi connectivity index (χ1n) is 8.72. The van der Waals surface area contributed by atoms with Crippen LogP contribution in [0.25, 0.3) is 11.4 Å². The van der Waals surface area contributed by atoms with E-state index in [0.29, 0.717) is 23.0 Å². The van der Waals surface area contributed by atoms with Gasteiger partial charge in [-0.05, 0) is 38.5 Å². The SMILES string of the molecule is CCn1c(S[C@@H](C)C(=O)Nc2ccc(C)c(F)c2)nnc1-c1ccccc1. The van der Waals surface area contributed by atoms with Crippen LogP contribution in [-0.2, 0) is 11.3 Å². The molecule has 0 saturated heterocycles. The summed E-state index contributed by atoms with van der Waals surface area (Å²) in [7, 11) is 0. The zero-order valence-corrected chi connectivity index (χ0v) is 16.3. The number of halogens is 1. The average Bonchev–Trinajstić information content (AvgIpc) is 3.08. The number of nitrogens with one attached hydrogen (secondary N) is 1. The first-order valence-corrected chi connectivity index (χ1v) is 9.60. The number of nitrogens with zero attached hydrogens (tertiary/aromatic N) is 3. The molecule has 0 bridgehead atoms. The van der Waals surface area contributed by atoms with Crippen molar-refractivity contribution in [3.8, 4) is 11.4 Å². The number of rotatable bonds is 6. The Hall–Kier alpha value is -2.67. The summed E-state index contributed by atoms with van der Waals surface area (Å²) in [5.41, 5.74) is 1.96. The van der Waals surface area contributed by atoms with E-state index >= 15 is 0 Å². The van der Waals surface area contributed by atoms with E-state index in [9.17, 15) is 9.18 Å². The number of anilines is 1. The van der Waals surface area contributed by atoms with Crippen molar-refractivity contribution >= 4 is 23.4 Å². The fourth-order valence-electron chi connectivity index (χ4n) is 2.59. The normalized spacial score (nSPS) is 12.0. The second-order valence-corrected chi connectivity index (χ2v) is 7.44. The lowest BCUT2D eigenvalue weighted by atomic mass is 10.2. The van der Waals surface area contributed by atoms with Gasteiger partial charge >= 0.3 is 0 Å². The summed E-state index contributed by atoms with van der Waals surface area (Å²) in [6, 6.07) is 14.5. The lowest BCUT2D eigenvalue weighted by Gasteiger charge is -2.13. The van der Waals surface area contributed by atoms with Gasteiger partial charge in [-0.25, -0.2) is 4.39 Å². The molecule has 3 rings (SSSR count). The van der Waals surface area contributed by atoms with E-state index in [-0.39, 0.29) is 11.7 Å². The molecule has 0 aliphatic carbocycles. The molecule has 1 N–H and O–H groups in total. The highest BCUT2D eigenvalue weighted by molar-refractivity contribution is 8.00. The van der Waals surface area contributed by atoms with Gasteiger partial charge in [0.2, 0.25) is 5.91 Å². The van der Waals surface area contributed by atoms with Crippen LogP contribution in [0.5, 0.6) is 0 Å². The highest BCUT2D eigenvalue weighted by Gasteiger charge is 2.20. The van der Waals surface area contributed by atoms with Gasteiger partial charge in [-0.3, -0.25) is 4.79 Å². The smallest absolute Gasteiger partial charge is 0.237 e. The number of benzene rings is 2. The topological polar surface area (TPSA) is 59.8 Å². The number of carbonyl (C=O) groups excluding carboxylic acids is 1. The number of carbonyl (C=O) groups is 1. The lowest BCUT2D eigenvalue weighted by molar-refractivity contribution is -0.115. The Kier molecular flexibility index (Phi) is 5.91. The van der Waals surface area contributed by atoms with Crippen LogP contribution in [0.15, 0.2) is 53.7 Å². The minimum Gasteiger partial charge on any atom is -0.325 e. The third-order valence-electron chi connectivity index (χ3n) is 4.16. The molecule has 0 fully saturated rings. The van der Waals surface area contributed by atoms with Gasteiger partial charge < -0.3 is 9.88 Å². The van der Waals surface area contributed by atoms with E-state index in [2.05, 4.69) is 15.5 Å². The van der Waals surface area contributed by atoms with Gasteiger partial charge in [-0.1, -0.05) is 48.2 Å². The molecule has 0 radical (unpaired) electrons. The maximum Gasteiger partial charge on any atom is 0.237 e. The van der Waals surface area contributed by atoms with Gasteiger partial charge in [-0.15, -0.1) is 10.2 Å². The molecule has 1 heterocycles. The van der Waals surface area contributed by atoms with Crippen molar-refractivity contribution in [1.82, 2.24) is 14.8 Å². The van der Waals surface area contributed by atoms with Crippen molar-refractivity contribution in [3.63, 3.8) is 0 Å². The van der Waals surface area contributed by atoms with Gasteiger partial charge in [0, 0.05) is 17.8 Å². The Balaban J connectivity index is 1.73. The molecule has 5 nitrogen and oxygen atoms in total. The minimum atomic E-state index is -0.410. The molecule has 0 aliphatic rings. The van der Waals surface area contributed by atoms with Crippen LogP contribution in [0.4, 0.5) is 10.1 Å². The van der Waals surface area contributed by atoms with Crippen LogP contribution in [-0.4, -0.2) is 25.9 Å². The van der Waals surface area contributed by atoms with Crippen LogP contribution >= 0.6 is 11.8 Å². The Bertz CT molecular complexity index is 942. The van der Waals surface area contributed by atoms with Gasteiger partial charge in [0.15, 0.2) is 11.0 Å². The molecule has 1 atom stereocenters. The van der Waals surface area contributed by atoms with Gasteiger partial charge in [0.05, 0.1) is 5.25 Å². The van der Waals surface area contributed by atoms with Crippen molar-refractivity contribution < 1.29 is 9.18 Å². The maximum atomic E-state index is 13.7. The average molecular weight is 384 g/mol. The molecule has 140 valence electrons. The lowest BCUT2D eigenvalue weighted by Crippen LogP contribution is -2.23. The maximum absolute atomic E-state index is 13.7. The zero-order chi connectivity index (χ0) is 19.4. The Morgan fingerprint density at radius 2 is 1.96 bits per heavy atom. The number of thioether (sulfide) groups is 1. The van der Waals surface area contributed by atoms with Crippen LogP contribution < -0.4 is 5.32 Å². The zero-order valence-electron chi connectivity index (χ0n) is 15.4. The second kappa shape index (κ2) is 8.35. The fraction of sp³-hybridized carbons (Fsp3) is 0.250. The van der Waals surface area contributed by atoms with Crippen molar-refractivity contribution in [3.05, 3.63) is 59.9 Å². The van der Waals surface area contributed by atoms with E-state index in [4.69, 9.17) is 0 Å². The monoisotopic (exact) mass is 384 g/mol. The molecule has 1 amide bonds. The molecular weight excluding hydrogens is 363 g/mol. The van der Waals surface area contributed by atoms with Crippen molar-refractivity contribution in [2.24, 2.45) is 0 Å². The Morgan fingerprint density at radius 1 is 1.22 bits per heavy atom. The van der Waals surface area contributed by atoms with Crippen molar-refractivity contribution in [2.75, 3.05) is 5.32 Å². The molecule has 2 aromatic carbocycles. The molecule has 7 heteroatoms. The van der Waals surface area contributed by atoms with E-state index < -0.39 is 5.25 Å². The summed E-state index contributed by atoms with van der Waals surface area (Å²) in [4.78, 5) is 12.5. The molecule has 0 aliphatic heterocycles. The number of aromatic nitrogens is 3. The predicted octanol–water partition coefficient (Wildman–Crippen LogP) is 4.53. The summed E-state index contributed by atoms with van der Waals surface area (Å²) in [6.45, 7) is 6.18. The molecule has 1 aromatic heterocycles. The van der Waals surface area contributed by atoms with E-state index in [1.165, 1.54) is 17.8 Å². The highest BCUT2D eigenvalue weighted by Crippen LogP contribution is 2.27. The summed E-state index contributed by atoms with van der Waals surface area (Å²) in [6.07, 6.45) is 0. The van der Waals surface area contributed by atoms with Gasteiger partial charge in [0.25, 0.3) is 0 Å². The minimum absolute atomic E-state index is 0.213. The summed E-state index contributed by atoms with van der Waals surface area (Å²) >= 11 is 1.33. The largest absolute Gasteiger partial charge is 0.325 e. The van der Waals surface area contributed by atoms with Gasteiger partial charge in [0.1, 0.15) is 5.82 Å². The number of hydrogen-bond acceptors (Lipinski definition) is 4. The fourth-order valence-corrected chi connectivity index (χ4v) is 3.50. The molecule has 0 saturated carbocycles. The van der Waals surface area contributed by atoms with Crippen LogP contribution in [0.1, 0.15) is 19.4 Å². The number of amides is 1. The first kappa shape index (κ1) is 19.1. The third-order valence-corrected chi connectivity index (χ3v) is 5.24. The van der Waals surface area contributed by atoms with Crippen LogP contribution in [0.2, 0.25) is 0 Å². The summed E-state index contributed by atoms with van der Waals surface area (Å²) in [5, 5.41) is 11.6.